The average Bonchev–Trinajstić information content (AvgIpc) is 3.25. The van der Waals surface area contributed by atoms with Gasteiger partial charge >= 0.3 is 0 Å². The summed E-state index contributed by atoms with van der Waals surface area (Å²) in [5, 5.41) is 0. The molecule has 3 rings (SSSR count). The topological polar surface area (TPSA) is 46.2 Å². The standard InChI is InChI=1S/C23H30O5/c1-24-19-12-11-16(13-20(19)25-2)9-10-17-14-21(26-3)23(22(15-17)27-4)28-18-7-5-6-8-18/h11-15,18H,5-10H2,1-4H3. The molecule has 0 saturated heterocycles. The predicted molar refractivity (Wildman–Crippen MR) is 109 cm³/mol. The smallest absolute Gasteiger partial charge is 0.203 e. The van der Waals surface area contributed by atoms with E-state index in [1.54, 1.807) is 28.4 Å². The molecule has 1 aliphatic rings. The number of hydrogen-bond donors (Lipinski definition) is 0. The predicted octanol–water partition coefficient (Wildman–Crippen LogP) is 4.83. The number of hydrogen-bond acceptors (Lipinski definition) is 5. The van der Waals surface area contributed by atoms with E-state index in [1.807, 2.05) is 24.3 Å². The Morgan fingerprint density at radius 1 is 0.679 bits per heavy atom. The molecule has 0 bridgehead atoms. The molecule has 1 fully saturated rings. The van der Waals surface area contributed by atoms with E-state index in [0.717, 1.165) is 54.2 Å². The Bertz CT molecular complexity index is 756. The third-order valence-electron chi connectivity index (χ3n) is 5.26. The van der Waals surface area contributed by atoms with Crippen molar-refractivity contribution in [3.8, 4) is 28.7 Å². The second kappa shape index (κ2) is 9.58. The Hall–Kier alpha value is -2.56. The molecule has 2 aromatic rings. The molecule has 2 aromatic carbocycles. The Morgan fingerprint density at radius 2 is 1.21 bits per heavy atom. The van der Waals surface area contributed by atoms with Crippen molar-refractivity contribution in [1.29, 1.82) is 0 Å². The van der Waals surface area contributed by atoms with Gasteiger partial charge in [0.25, 0.3) is 0 Å². The molecule has 152 valence electrons. The molecule has 0 atom stereocenters. The molecule has 0 aromatic heterocycles. The number of aryl methyl sites for hydroxylation is 2. The first-order valence-electron chi connectivity index (χ1n) is 9.81. The molecular formula is C23H30O5. The summed E-state index contributed by atoms with van der Waals surface area (Å²) in [5.74, 6) is 3.66. The van der Waals surface area contributed by atoms with Crippen LogP contribution in [0, 0.1) is 0 Å². The second-order valence-electron chi connectivity index (χ2n) is 7.04. The maximum absolute atomic E-state index is 6.21. The summed E-state index contributed by atoms with van der Waals surface area (Å²) in [7, 11) is 6.65. The minimum Gasteiger partial charge on any atom is -0.493 e. The van der Waals surface area contributed by atoms with E-state index in [9.17, 15) is 0 Å². The molecular weight excluding hydrogens is 356 g/mol. The first-order chi connectivity index (χ1) is 13.7. The highest BCUT2D eigenvalue weighted by molar-refractivity contribution is 5.54. The minimum atomic E-state index is 0.250. The van der Waals surface area contributed by atoms with Crippen LogP contribution in [0.2, 0.25) is 0 Å². The number of methoxy groups -OCH3 is 4. The van der Waals surface area contributed by atoms with Crippen LogP contribution < -0.4 is 23.7 Å². The second-order valence-corrected chi connectivity index (χ2v) is 7.04. The van der Waals surface area contributed by atoms with Gasteiger partial charge in [-0.1, -0.05) is 6.07 Å². The van der Waals surface area contributed by atoms with Crippen molar-refractivity contribution in [3.63, 3.8) is 0 Å². The van der Waals surface area contributed by atoms with Gasteiger partial charge in [0.1, 0.15) is 0 Å². The van der Waals surface area contributed by atoms with Crippen molar-refractivity contribution in [2.24, 2.45) is 0 Å². The van der Waals surface area contributed by atoms with Gasteiger partial charge in [-0.2, -0.15) is 0 Å². The number of ether oxygens (including phenoxy) is 5. The monoisotopic (exact) mass is 386 g/mol. The van der Waals surface area contributed by atoms with Crippen molar-refractivity contribution < 1.29 is 23.7 Å². The lowest BCUT2D eigenvalue weighted by Crippen LogP contribution is -2.12. The largest absolute Gasteiger partial charge is 0.493 e. The Morgan fingerprint density at radius 3 is 1.79 bits per heavy atom. The summed E-state index contributed by atoms with van der Waals surface area (Å²) >= 11 is 0. The van der Waals surface area contributed by atoms with Crippen molar-refractivity contribution in [2.75, 3.05) is 28.4 Å². The molecule has 1 saturated carbocycles. The van der Waals surface area contributed by atoms with Gasteiger partial charge in [-0.3, -0.25) is 0 Å². The molecule has 28 heavy (non-hydrogen) atoms. The van der Waals surface area contributed by atoms with Crippen LogP contribution in [-0.4, -0.2) is 34.5 Å². The molecule has 0 spiro atoms. The average molecular weight is 386 g/mol. The van der Waals surface area contributed by atoms with Gasteiger partial charge in [-0.05, 0) is 73.9 Å². The van der Waals surface area contributed by atoms with E-state index in [1.165, 1.54) is 18.4 Å². The zero-order valence-corrected chi connectivity index (χ0v) is 17.2. The van der Waals surface area contributed by atoms with Crippen LogP contribution in [0.4, 0.5) is 0 Å². The van der Waals surface area contributed by atoms with Gasteiger partial charge in [0.05, 0.1) is 34.5 Å². The van der Waals surface area contributed by atoms with Crippen LogP contribution >= 0.6 is 0 Å². The molecule has 0 amide bonds. The van der Waals surface area contributed by atoms with Gasteiger partial charge in [-0.25, -0.2) is 0 Å². The van der Waals surface area contributed by atoms with Crippen LogP contribution in [-0.2, 0) is 12.8 Å². The van der Waals surface area contributed by atoms with E-state index in [0.29, 0.717) is 5.75 Å². The third kappa shape index (κ3) is 4.64. The zero-order valence-electron chi connectivity index (χ0n) is 17.2. The fraction of sp³-hybridized carbons (Fsp3) is 0.478. The summed E-state index contributed by atoms with van der Waals surface area (Å²) in [6, 6.07) is 10.1. The zero-order chi connectivity index (χ0) is 19.9. The molecule has 5 nitrogen and oxygen atoms in total. The summed E-state index contributed by atoms with van der Waals surface area (Å²) < 4.78 is 28.2. The molecule has 0 heterocycles. The van der Waals surface area contributed by atoms with Crippen LogP contribution in [0.25, 0.3) is 0 Å². The van der Waals surface area contributed by atoms with Crippen molar-refractivity contribution in [3.05, 3.63) is 41.5 Å². The lowest BCUT2D eigenvalue weighted by atomic mass is 10.0. The van der Waals surface area contributed by atoms with Crippen LogP contribution in [0.3, 0.4) is 0 Å². The van der Waals surface area contributed by atoms with Gasteiger partial charge in [0.15, 0.2) is 23.0 Å². The van der Waals surface area contributed by atoms with E-state index < -0.39 is 0 Å². The van der Waals surface area contributed by atoms with Gasteiger partial charge < -0.3 is 23.7 Å². The van der Waals surface area contributed by atoms with Gasteiger partial charge in [0, 0.05) is 0 Å². The highest BCUT2D eigenvalue weighted by Gasteiger charge is 2.22. The molecule has 0 aliphatic heterocycles. The van der Waals surface area contributed by atoms with Crippen LogP contribution in [0.1, 0.15) is 36.8 Å². The Kier molecular flexibility index (Phi) is 6.90. The summed E-state index contributed by atoms with van der Waals surface area (Å²) in [4.78, 5) is 0. The van der Waals surface area contributed by atoms with E-state index >= 15 is 0 Å². The normalized spacial score (nSPS) is 14.0. The molecule has 0 unspecified atom stereocenters. The fourth-order valence-corrected chi connectivity index (χ4v) is 3.69. The third-order valence-corrected chi connectivity index (χ3v) is 5.26. The van der Waals surface area contributed by atoms with Crippen molar-refractivity contribution >= 4 is 0 Å². The quantitative estimate of drug-likeness (QED) is 0.618. The van der Waals surface area contributed by atoms with Crippen molar-refractivity contribution in [1.82, 2.24) is 0 Å². The first-order valence-corrected chi connectivity index (χ1v) is 9.81. The molecule has 1 aliphatic carbocycles. The van der Waals surface area contributed by atoms with E-state index in [4.69, 9.17) is 23.7 Å². The lowest BCUT2D eigenvalue weighted by Gasteiger charge is -2.19. The highest BCUT2D eigenvalue weighted by atomic mass is 16.5. The summed E-state index contributed by atoms with van der Waals surface area (Å²) in [6.45, 7) is 0. The maximum Gasteiger partial charge on any atom is 0.203 e. The fourth-order valence-electron chi connectivity index (χ4n) is 3.69. The summed E-state index contributed by atoms with van der Waals surface area (Å²) in [5.41, 5.74) is 2.32. The van der Waals surface area contributed by atoms with Gasteiger partial charge in [-0.15, -0.1) is 0 Å². The SMILES string of the molecule is COc1ccc(CCc2cc(OC)c(OC3CCCC3)c(OC)c2)cc1OC. The number of benzene rings is 2. The molecule has 0 radical (unpaired) electrons. The van der Waals surface area contributed by atoms with Gasteiger partial charge in [0.2, 0.25) is 5.75 Å². The highest BCUT2D eigenvalue weighted by Crippen LogP contribution is 2.41. The first kappa shape index (κ1) is 20.2. The van der Waals surface area contributed by atoms with E-state index in [2.05, 4.69) is 6.07 Å². The Balaban J connectivity index is 1.76. The van der Waals surface area contributed by atoms with Crippen LogP contribution in [0.15, 0.2) is 30.3 Å². The van der Waals surface area contributed by atoms with Crippen molar-refractivity contribution in [2.45, 2.75) is 44.6 Å². The molecule has 5 heteroatoms. The number of rotatable bonds is 9. The minimum absolute atomic E-state index is 0.250. The molecule has 0 N–H and O–H groups in total. The maximum atomic E-state index is 6.21. The van der Waals surface area contributed by atoms with E-state index in [-0.39, 0.29) is 6.10 Å². The Labute approximate surface area is 167 Å². The van der Waals surface area contributed by atoms with Crippen LogP contribution in [0.5, 0.6) is 28.7 Å². The summed E-state index contributed by atoms with van der Waals surface area (Å²) in [6.07, 6.45) is 6.60. The lowest BCUT2D eigenvalue weighted by molar-refractivity contribution is 0.191.